The molecular weight excluding hydrogens is 308 g/mol. The lowest BCUT2D eigenvalue weighted by atomic mass is 10.4. The lowest BCUT2D eigenvalue weighted by molar-refractivity contribution is -0.117. The van der Waals surface area contributed by atoms with E-state index in [1.54, 1.807) is 36.9 Å². The van der Waals surface area contributed by atoms with Gasteiger partial charge in [-0.2, -0.15) is 5.10 Å². The van der Waals surface area contributed by atoms with Gasteiger partial charge in [-0.3, -0.25) is 4.79 Å². The highest BCUT2D eigenvalue weighted by atomic mass is 32.2. The number of nitrogens with zero attached hydrogens (tertiary/aromatic N) is 6. The number of carbonyl (C=O) groups excluding carboxylic acids is 1. The van der Waals surface area contributed by atoms with E-state index in [1.165, 1.54) is 18.0 Å². The van der Waals surface area contributed by atoms with Crippen molar-refractivity contribution in [3.63, 3.8) is 0 Å². The molecule has 0 N–H and O–H groups in total. The van der Waals surface area contributed by atoms with E-state index in [9.17, 15) is 4.79 Å². The van der Waals surface area contributed by atoms with Crippen molar-refractivity contribution in [2.45, 2.75) is 10.3 Å². The lowest BCUT2D eigenvalue weighted by Gasteiger charge is -2.10. The average molecular weight is 315 g/mol. The van der Waals surface area contributed by atoms with Gasteiger partial charge in [-0.25, -0.2) is 19.9 Å². The summed E-state index contributed by atoms with van der Waals surface area (Å²) in [7, 11) is 0. The van der Waals surface area contributed by atoms with Crippen molar-refractivity contribution in [2.24, 2.45) is 5.10 Å². The summed E-state index contributed by atoms with van der Waals surface area (Å²) in [5.41, 5.74) is 3.54. The summed E-state index contributed by atoms with van der Waals surface area (Å²) in [6, 6.07) is 3.43. The SMILES string of the molecule is O=C1[N]N=CC(Sc2ncccn2)=C1Sc1ncccn1. The maximum absolute atomic E-state index is 11.9. The third-order valence-corrected chi connectivity index (χ3v) is 4.26. The second-order valence-electron chi connectivity index (χ2n) is 3.61. The highest BCUT2D eigenvalue weighted by Gasteiger charge is 2.23. The van der Waals surface area contributed by atoms with Crippen molar-refractivity contribution in [3.05, 3.63) is 46.7 Å². The fourth-order valence-electron chi connectivity index (χ4n) is 1.38. The highest BCUT2D eigenvalue weighted by Crippen LogP contribution is 2.34. The lowest BCUT2D eigenvalue weighted by Crippen LogP contribution is -2.17. The van der Waals surface area contributed by atoms with Crippen LogP contribution in [0.5, 0.6) is 0 Å². The first-order valence-corrected chi connectivity index (χ1v) is 7.38. The molecule has 1 aliphatic heterocycles. The molecule has 0 spiro atoms. The predicted molar refractivity (Wildman–Crippen MR) is 78.4 cm³/mol. The van der Waals surface area contributed by atoms with Gasteiger partial charge in [-0.05, 0) is 35.7 Å². The molecular formula is C12H7N6OS2. The van der Waals surface area contributed by atoms with Gasteiger partial charge < -0.3 is 0 Å². The van der Waals surface area contributed by atoms with Gasteiger partial charge >= 0.3 is 5.91 Å². The Balaban J connectivity index is 1.90. The first kappa shape index (κ1) is 13.7. The molecule has 9 heteroatoms. The van der Waals surface area contributed by atoms with E-state index < -0.39 is 5.91 Å². The Kier molecular flexibility index (Phi) is 4.22. The van der Waals surface area contributed by atoms with Crippen molar-refractivity contribution in [1.82, 2.24) is 25.4 Å². The smallest absolute Gasteiger partial charge is 0.264 e. The maximum Gasteiger partial charge on any atom is 0.303 e. The molecule has 1 amide bonds. The summed E-state index contributed by atoms with van der Waals surface area (Å²) < 4.78 is 0. The molecule has 0 saturated carbocycles. The molecule has 0 fully saturated rings. The van der Waals surface area contributed by atoms with Crippen molar-refractivity contribution < 1.29 is 4.79 Å². The quantitative estimate of drug-likeness (QED) is 0.789. The van der Waals surface area contributed by atoms with Crippen LogP contribution in [0.3, 0.4) is 0 Å². The van der Waals surface area contributed by atoms with Crippen molar-refractivity contribution in [3.8, 4) is 0 Å². The second-order valence-corrected chi connectivity index (χ2v) is 5.60. The first-order chi connectivity index (χ1) is 10.3. The Morgan fingerprint density at radius 3 is 2.00 bits per heavy atom. The molecule has 0 aliphatic carbocycles. The molecule has 1 radical (unpaired) electrons. The summed E-state index contributed by atoms with van der Waals surface area (Å²) in [5, 5.41) is 4.69. The zero-order valence-corrected chi connectivity index (χ0v) is 12.1. The number of carbonyl (C=O) groups is 1. The van der Waals surface area contributed by atoms with Crippen LogP contribution in [0.1, 0.15) is 0 Å². The number of aromatic nitrogens is 4. The van der Waals surface area contributed by atoms with E-state index in [4.69, 9.17) is 0 Å². The molecule has 0 atom stereocenters. The number of rotatable bonds is 4. The Morgan fingerprint density at radius 1 is 0.810 bits per heavy atom. The summed E-state index contributed by atoms with van der Waals surface area (Å²) in [5.74, 6) is -0.423. The Morgan fingerprint density at radius 2 is 1.38 bits per heavy atom. The number of hydrogen-bond acceptors (Lipinski definition) is 8. The Bertz CT molecular complexity index is 704. The summed E-state index contributed by atoms with van der Waals surface area (Å²) >= 11 is 2.39. The van der Waals surface area contributed by atoms with Gasteiger partial charge in [-0.1, -0.05) is 0 Å². The van der Waals surface area contributed by atoms with Crippen LogP contribution in [0.4, 0.5) is 0 Å². The van der Waals surface area contributed by atoms with Crippen molar-refractivity contribution >= 4 is 35.6 Å². The topological polar surface area (TPSA) is 95.1 Å². The third-order valence-electron chi connectivity index (χ3n) is 2.22. The predicted octanol–water partition coefficient (Wildman–Crippen LogP) is 1.49. The average Bonchev–Trinajstić information content (AvgIpc) is 2.53. The molecule has 7 nitrogen and oxygen atoms in total. The molecule has 0 aromatic carbocycles. The van der Waals surface area contributed by atoms with Gasteiger partial charge in [0, 0.05) is 24.8 Å². The standard InChI is InChI=1S/C12H7N6OS2/c19-10-9(21-12-15-5-2-6-16-12)8(7-17-18-10)20-11-13-3-1-4-14-11/h1-7H. The highest BCUT2D eigenvalue weighted by molar-refractivity contribution is 8.07. The summed E-state index contributed by atoms with van der Waals surface area (Å²) in [6.07, 6.45) is 8.00. The second kappa shape index (κ2) is 6.46. The number of allylic oxidation sites excluding steroid dienone is 1. The van der Waals surface area contributed by atoms with E-state index in [1.807, 2.05) is 0 Å². The fraction of sp³-hybridized carbons (Fsp3) is 0. The van der Waals surface area contributed by atoms with Crippen molar-refractivity contribution in [1.29, 1.82) is 0 Å². The monoisotopic (exact) mass is 315 g/mol. The molecule has 0 unspecified atom stereocenters. The largest absolute Gasteiger partial charge is 0.303 e. The van der Waals surface area contributed by atoms with E-state index >= 15 is 0 Å². The summed E-state index contributed by atoms with van der Waals surface area (Å²) in [6.45, 7) is 0. The number of hydrogen-bond donors (Lipinski definition) is 0. The summed E-state index contributed by atoms with van der Waals surface area (Å²) in [4.78, 5) is 29.4. The first-order valence-electron chi connectivity index (χ1n) is 5.75. The number of amides is 1. The van der Waals surface area contributed by atoms with E-state index in [0.29, 0.717) is 20.1 Å². The minimum absolute atomic E-state index is 0.411. The van der Waals surface area contributed by atoms with Gasteiger partial charge in [0.25, 0.3) is 0 Å². The van der Waals surface area contributed by atoms with Crippen LogP contribution < -0.4 is 5.43 Å². The van der Waals surface area contributed by atoms with Crippen LogP contribution in [-0.2, 0) is 4.79 Å². The third kappa shape index (κ3) is 3.44. The molecule has 21 heavy (non-hydrogen) atoms. The minimum atomic E-state index is -0.423. The van der Waals surface area contributed by atoms with Gasteiger partial charge in [0.1, 0.15) is 0 Å². The molecule has 103 valence electrons. The van der Waals surface area contributed by atoms with Gasteiger partial charge in [-0.15, -0.1) is 5.43 Å². The maximum atomic E-state index is 11.9. The Labute approximate surface area is 128 Å². The van der Waals surface area contributed by atoms with Crippen LogP contribution >= 0.6 is 23.5 Å². The zero-order valence-electron chi connectivity index (χ0n) is 10.4. The fourth-order valence-corrected chi connectivity index (χ4v) is 3.02. The molecule has 0 saturated heterocycles. The van der Waals surface area contributed by atoms with Crippen LogP contribution in [-0.4, -0.2) is 32.1 Å². The van der Waals surface area contributed by atoms with Crippen molar-refractivity contribution in [2.75, 3.05) is 0 Å². The van der Waals surface area contributed by atoms with Gasteiger partial charge in [0.2, 0.25) is 0 Å². The van der Waals surface area contributed by atoms with E-state index in [0.717, 1.165) is 11.8 Å². The van der Waals surface area contributed by atoms with Crippen LogP contribution in [0.15, 0.2) is 62.1 Å². The number of thioether (sulfide) groups is 2. The zero-order chi connectivity index (χ0) is 14.5. The van der Waals surface area contributed by atoms with Crippen LogP contribution in [0.2, 0.25) is 0 Å². The Hall–Kier alpha value is -2.26. The van der Waals surface area contributed by atoms with Crippen LogP contribution in [0.25, 0.3) is 0 Å². The molecule has 3 rings (SSSR count). The molecule has 0 bridgehead atoms. The molecule has 3 heterocycles. The normalized spacial score (nSPS) is 14.2. The minimum Gasteiger partial charge on any atom is -0.264 e. The molecule has 1 aliphatic rings. The molecule has 2 aromatic heterocycles. The van der Waals surface area contributed by atoms with Gasteiger partial charge in [0.05, 0.1) is 16.0 Å². The van der Waals surface area contributed by atoms with Gasteiger partial charge in [0.15, 0.2) is 10.3 Å². The van der Waals surface area contributed by atoms with E-state index in [2.05, 4.69) is 30.5 Å². The van der Waals surface area contributed by atoms with Crippen LogP contribution in [0, 0.1) is 0 Å². The molecule has 2 aromatic rings. The van der Waals surface area contributed by atoms with E-state index in [-0.39, 0.29) is 0 Å².